The Kier molecular flexibility index (Phi) is 14.1. The van der Waals surface area contributed by atoms with E-state index in [9.17, 15) is 19.2 Å². The lowest BCUT2D eigenvalue weighted by molar-refractivity contribution is -0.126. The van der Waals surface area contributed by atoms with Gasteiger partial charge in [0.15, 0.2) is 0 Å². The van der Waals surface area contributed by atoms with Gasteiger partial charge in [0.05, 0.1) is 19.0 Å². The van der Waals surface area contributed by atoms with Crippen molar-refractivity contribution in [1.82, 2.24) is 16.1 Å². The highest BCUT2D eigenvalue weighted by Crippen LogP contribution is 2.39. The molecule has 0 radical (unpaired) electrons. The average Bonchev–Trinajstić information content (AvgIpc) is 3.00. The Morgan fingerprint density at radius 3 is 2.00 bits per heavy atom. The van der Waals surface area contributed by atoms with Crippen LogP contribution in [0.4, 0.5) is 0 Å². The van der Waals surface area contributed by atoms with Crippen molar-refractivity contribution in [1.29, 1.82) is 0 Å². The molecule has 0 bridgehead atoms. The van der Waals surface area contributed by atoms with Crippen LogP contribution < -0.4 is 48.7 Å². The molecule has 2 aromatic carbocycles. The van der Waals surface area contributed by atoms with Crippen LogP contribution in [0.15, 0.2) is 41.5 Å². The third-order valence-electron chi connectivity index (χ3n) is 6.44. The van der Waals surface area contributed by atoms with Gasteiger partial charge in [-0.1, -0.05) is 19.1 Å². The number of nitrogens with one attached hydrogen (secondary N) is 3. The second kappa shape index (κ2) is 17.4. The fraction of sp³-hybridized carbons (Fsp3) is 0.414. The van der Waals surface area contributed by atoms with Crippen molar-refractivity contribution >= 4 is 29.2 Å². The van der Waals surface area contributed by atoms with Crippen molar-refractivity contribution in [2.45, 2.75) is 33.1 Å². The van der Waals surface area contributed by atoms with E-state index in [1.54, 1.807) is 32.0 Å². The van der Waals surface area contributed by atoms with Gasteiger partial charge in [0.1, 0.15) is 30.5 Å². The molecule has 0 heterocycles. The zero-order valence-corrected chi connectivity index (χ0v) is 24.8. The molecule has 0 saturated heterocycles. The molecule has 0 fully saturated rings. The Labute approximate surface area is 250 Å². The van der Waals surface area contributed by atoms with E-state index >= 15 is 0 Å². The quantitative estimate of drug-likeness (QED) is 0.0527. The Bertz CT molecular complexity index is 1320. The van der Waals surface area contributed by atoms with Gasteiger partial charge in [0.25, 0.3) is 0 Å². The first-order valence-corrected chi connectivity index (χ1v) is 13.8. The van der Waals surface area contributed by atoms with Gasteiger partial charge in [0.2, 0.25) is 23.4 Å². The summed E-state index contributed by atoms with van der Waals surface area (Å²) < 4.78 is 11.9. The zero-order chi connectivity index (χ0) is 31.9. The van der Waals surface area contributed by atoms with Crippen molar-refractivity contribution in [2.75, 3.05) is 39.4 Å². The molecule has 0 aromatic heterocycles. The highest BCUT2D eigenvalue weighted by atomic mass is 16.5. The van der Waals surface area contributed by atoms with Gasteiger partial charge in [-0.05, 0) is 55.7 Å². The molecule has 11 N–H and O–H groups in total. The highest BCUT2D eigenvalue weighted by Gasteiger charge is 2.22. The van der Waals surface area contributed by atoms with Crippen molar-refractivity contribution in [3.05, 3.63) is 47.5 Å². The minimum Gasteiger partial charge on any atom is -0.492 e. The summed E-state index contributed by atoms with van der Waals surface area (Å²) in [4.78, 5) is 48.9. The Morgan fingerprint density at radius 2 is 1.44 bits per heavy atom. The normalized spacial score (nSPS) is 12.6. The number of hydrogen-bond donors (Lipinski definition) is 7. The number of amidine groups is 1. The molecule has 0 aliphatic heterocycles. The van der Waals surface area contributed by atoms with Crippen LogP contribution >= 0.6 is 0 Å². The fourth-order valence-corrected chi connectivity index (χ4v) is 4.11. The number of ether oxygens (including phenoxy) is 2. The summed E-state index contributed by atoms with van der Waals surface area (Å²) in [6, 6.07) is 10.9. The molecule has 0 aliphatic carbocycles. The number of carbonyl (C=O) groups is 4. The number of hydrazone groups is 1. The summed E-state index contributed by atoms with van der Waals surface area (Å²) in [5.41, 5.74) is 16.3. The second-order valence-corrected chi connectivity index (χ2v) is 9.87. The van der Waals surface area contributed by atoms with Crippen LogP contribution in [0.3, 0.4) is 0 Å². The van der Waals surface area contributed by atoms with Crippen molar-refractivity contribution < 1.29 is 28.7 Å². The molecule has 234 valence electrons. The van der Waals surface area contributed by atoms with Gasteiger partial charge in [-0.15, -0.1) is 0 Å². The maximum Gasteiger partial charge on any atom is 0.227 e. The van der Waals surface area contributed by atoms with E-state index < -0.39 is 17.6 Å². The summed E-state index contributed by atoms with van der Waals surface area (Å²) in [7, 11) is 0. The number of nitrogens with zero attached hydrogens (tertiary/aromatic N) is 1. The monoisotopic (exact) mass is 598 g/mol. The van der Waals surface area contributed by atoms with Crippen LogP contribution in [0.2, 0.25) is 0 Å². The van der Waals surface area contributed by atoms with Crippen LogP contribution in [0.25, 0.3) is 11.1 Å². The van der Waals surface area contributed by atoms with Gasteiger partial charge in [-0.2, -0.15) is 5.10 Å². The predicted molar refractivity (Wildman–Crippen MR) is 163 cm³/mol. The Morgan fingerprint density at radius 1 is 0.860 bits per heavy atom. The molecule has 2 rings (SSSR count). The molecule has 0 aliphatic rings. The minimum atomic E-state index is -0.566. The van der Waals surface area contributed by atoms with Gasteiger partial charge in [-0.3, -0.25) is 19.2 Å². The fourth-order valence-electron chi connectivity index (χ4n) is 4.11. The molecular formula is C29H42N8O6. The van der Waals surface area contributed by atoms with E-state index in [-0.39, 0.29) is 62.8 Å². The zero-order valence-electron chi connectivity index (χ0n) is 24.8. The SMILES string of the molecule is CC(=O)CNC(=O)C(C)c1ccc(OCCN)c(-c2cc(CC(C)C(=O)NCC(=O)/C(=N/N)NN)ccc2OCCN)c1. The summed E-state index contributed by atoms with van der Waals surface area (Å²) in [5, 5.41) is 8.45. The van der Waals surface area contributed by atoms with Crippen LogP contribution in [0.5, 0.6) is 11.5 Å². The molecule has 2 aromatic rings. The first-order chi connectivity index (χ1) is 20.6. The smallest absolute Gasteiger partial charge is 0.227 e. The number of carbonyl (C=O) groups excluding carboxylic acids is 4. The first-order valence-electron chi connectivity index (χ1n) is 13.8. The van der Waals surface area contributed by atoms with E-state index in [2.05, 4.69) is 21.2 Å². The van der Waals surface area contributed by atoms with E-state index in [0.717, 1.165) is 5.56 Å². The molecule has 2 atom stereocenters. The van der Waals surface area contributed by atoms with Gasteiger partial charge < -0.3 is 42.8 Å². The molecule has 14 heteroatoms. The largest absolute Gasteiger partial charge is 0.492 e. The number of benzene rings is 2. The number of ketones is 2. The molecule has 0 saturated carbocycles. The molecule has 43 heavy (non-hydrogen) atoms. The van der Waals surface area contributed by atoms with E-state index in [0.29, 0.717) is 34.6 Å². The molecule has 2 amide bonds. The summed E-state index contributed by atoms with van der Waals surface area (Å²) in [6.45, 7) is 5.58. The molecule has 0 spiro atoms. The summed E-state index contributed by atoms with van der Waals surface area (Å²) in [5.74, 6) is 8.66. The number of amides is 2. The summed E-state index contributed by atoms with van der Waals surface area (Å²) >= 11 is 0. The third-order valence-corrected chi connectivity index (χ3v) is 6.44. The average molecular weight is 599 g/mol. The second-order valence-electron chi connectivity index (χ2n) is 9.87. The van der Waals surface area contributed by atoms with E-state index in [1.807, 2.05) is 18.2 Å². The van der Waals surface area contributed by atoms with Gasteiger partial charge in [0, 0.05) is 30.1 Å². The molecule has 14 nitrogen and oxygen atoms in total. The number of rotatable bonds is 17. The third kappa shape index (κ3) is 10.4. The summed E-state index contributed by atoms with van der Waals surface area (Å²) in [6.07, 6.45) is 0.333. The number of Topliss-reactive ketones (excluding diaryl/α,β-unsaturated/α-hetero) is 2. The predicted octanol–water partition coefficient (Wildman–Crippen LogP) is -0.563. The molecule has 2 unspecified atom stereocenters. The highest BCUT2D eigenvalue weighted by molar-refractivity contribution is 6.39. The van der Waals surface area contributed by atoms with Gasteiger partial charge >= 0.3 is 0 Å². The number of nitrogens with two attached hydrogens (primary N) is 4. The maximum absolute atomic E-state index is 12.7. The minimum absolute atomic E-state index is 0.0571. The lowest BCUT2D eigenvalue weighted by Crippen LogP contribution is -2.44. The van der Waals surface area contributed by atoms with Crippen LogP contribution in [-0.2, 0) is 25.6 Å². The van der Waals surface area contributed by atoms with E-state index in [1.165, 1.54) is 6.92 Å². The lowest BCUT2D eigenvalue weighted by atomic mass is 9.92. The number of hydrogen-bond acceptors (Lipinski definition) is 11. The van der Waals surface area contributed by atoms with Gasteiger partial charge in [-0.25, -0.2) is 5.84 Å². The molecular weight excluding hydrogens is 556 g/mol. The van der Waals surface area contributed by atoms with Crippen molar-refractivity contribution in [3.8, 4) is 22.6 Å². The Hall–Kier alpha value is -4.53. The van der Waals surface area contributed by atoms with Crippen LogP contribution in [0.1, 0.15) is 37.8 Å². The first kappa shape index (κ1) is 34.7. The Balaban J connectivity index is 2.44. The number of hydrazine groups is 1. The standard InChI is InChI=1S/C29H42N8O6/c1-17(28(40)35-16-24(39)27(36-32)37-33)12-20-4-6-25(42-10-8-30)22(13-20)23-14-21(5-7-26(23)43-11-9-31)19(3)29(41)34-15-18(2)38/h4-7,13-14,17,19H,8-12,15-16,30-33H2,1-3H3,(H,34,41)(H,35,40)(H,36,37). The topological polar surface area (TPSA) is 239 Å². The van der Waals surface area contributed by atoms with Crippen molar-refractivity contribution in [2.24, 2.45) is 34.2 Å². The van der Waals surface area contributed by atoms with Crippen LogP contribution in [-0.4, -0.2) is 68.6 Å². The van der Waals surface area contributed by atoms with Crippen molar-refractivity contribution in [3.63, 3.8) is 0 Å². The van der Waals surface area contributed by atoms with Crippen LogP contribution in [0, 0.1) is 5.92 Å². The lowest BCUT2D eigenvalue weighted by Gasteiger charge is -2.20. The van der Waals surface area contributed by atoms with E-state index in [4.69, 9.17) is 32.6 Å². The maximum atomic E-state index is 12.7.